The van der Waals surface area contributed by atoms with Crippen molar-refractivity contribution in [1.82, 2.24) is 19.9 Å². The lowest BCUT2D eigenvalue weighted by atomic mass is 10.1. The van der Waals surface area contributed by atoms with Crippen molar-refractivity contribution >= 4 is 68.0 Å². The number of nitrogens with zero attached hydrogens (tertiary/aromatic N) is 6. The van der Waals surface area contributed by atoms with Gasteiger partial charge in [0.15, 0.2) is 10.3 Å². The lowest BCUT2D eigenvalue weighted by molar-refractivity contribution is 0.0600. The molecule has 48 heavy (non-hydrogen) atoms. The minimum absolute atomic E-state index is 0.314. The fraction of sp³-hybridized carbons (Fsp3) is 0.0303. The second kappa shape index (κ2) is 17.3. The highest BCUT2D eigenvalue weighted by atomic mass is 35.5. The van der Waals surface area contributed by atoms with Gasteiger partial charge in [0.1, 0.15) is 43.6 Å². The lowest BCUT2D eigenvalue weighted by Crippen LogP contribution is -2.11. The normalized spacial score (nSPS) is 9.77. The molecule has 1 amide bonds. The van der Waals surface area contributed by atoms with Crippen molar-refractivity contribution in [3.63, 3.8) is 0 Å². The summed E-state index contributed by atoms with van der Waals surface area (Å²) in [6.45, 7) is 0. The summed E-state index contributed by atoms with van der Waals surface area (Å²) in [6, 6.07) is 29.3. The summed E-state index contributed by atoms with van der Waals surface area (Å²) in [6.07, 6.45) is 2.75. The van der Waals surface area contributed by atoms with Crippen LogP contribution < -0.4 is 11.1 Å². The smallest absolute Gasteiger partial charge is 0.339 e. The molecule has 238 valence electrons. The summed E-state index contributed by atoms with van der Waals surface area (Å²) < 4.78 is 4.45. The summed E-state index contributed by atoms with van der Waals surface area (Å²) >= 11 is 13.5. The van der Waals surface area contributed by atoms with E-state index in [2.05, 4.69) is 42.1 Å². The predicted molar refractivity (Wildman–Crippen MR) is 187 cm³/mol. The maximum absolute atomic E-state index is 12.2. The van der Waals surface area contributed by atoms with Gasteiger partial charge in [-0.15, -0.1) is 0 Å². The van der Waals surface area contributed by atoms with Gasteiger partial charge in [0, 0.05) is 23.5 Å². The van der Waals surface area contributed by atoms with Gasteiger partial charge >= 0.3 is 5.97 Å². The van der Waals surface area contributed by atoms with Crippen LogP contribution in [-0.4, -0.2) is 38.9 Å². The Kier molecular flexibility index (Phi) is 12.7. The molecule has 3 N–H and O–H groups in total. The molecule has 0 aliphatic carbocycles. The monoisotopic (exact) mass is 712 g/mol. The maximum atomic E-state index is 12.2. The number of halogens is 2. The Morgan fingerprint density at radius 2 is 1.25 bits per heavy atom. The van der Waals surface area contributed by atoms with Crippen LogP contribution in [0.4, 0.5) is 10.3 Å². The van der Waals surface area contributed by atoms with Gasteiger partial charge in [-0.25, -0.2) is 24.7 Å². The molecule has 0 saturated heterocycles. The lowest BCUT2D eigenvalue weighted by Gasteiger charge is -2.01. The van der Waals surface area contributed by atoms with Crippen molar-refractivity contribution in [2.45, 2.75) is 0 Å². The number of nitriles is 2. The van der Waals surface area contributed by atoms with Crippen molar-refractivity contribution in [2.75, 3.05) is 18.2 Å². The van der Waals surface area contributed by atoms with E-state index in [-0.39, 0.29) is 5.91 Å². The number of amides is 1. The van der Waals surface area contributed by atoms with Gasteiger partial charge in [-0.1, -0.05) is 107 Å². The molecule has 0 bridgehead atoms. The zero-order valence-corrected chi connectivity index (χ0v) is 27.9. The summed E-state index contributed by atoms with van der Waals surface area (Å²) in [5.74, 6) is -0.763. The number of pyridine rings is 2. The number of carbonyl (C=O) groups is 2. The molecule has 0 saturated carbocycles. The van der Waals surface area contributed by atoms with Crippen LogP contribution in [0.5, 0.6) is 0 Å². The molecule has 6 aromatic rings. The molecule has 0 fully saturated rings. The molecule has 0 aliphatic heterocycles. The van der Waals surface area contributed by atoms with Crippen LogP contribution in [-0.2, 0) is 4.74 Å². The number of rotatable bonds is 5. The molecule has 4 aromatic heterocycles. The van der Waals surface area contributed by atoms with Crippen LogP contribution in [0.1, 0.15) is 30.5 Å². The molecule has 2 aromatic carbocycles. The van der Waals surface area contributed by atoms with E-state index in [0.29, 0.717) is 52.8 Å². The average Bonchev–Trinajstić information content (AvgIpc) is 3.72. The highest BCUT2D eigenvalue weighted by Gasteiger charge is 2.16. The van der Waals surface area contributed by atoms with Crippen molar-refractivity contribution in [3.05, 3.63) is 129 Å². The number of carbonyl (C=O) groups excluding carboxylic acids is 2. The number of thiazole rings is 2. The highest BCUT2D eigenvalue weighted by Crippen LogP contribution is 2.31. The number of hydrogen-bond donors (Lipinski definition) is 2. The van der Waals surface area contributed by atoms with E-state index in [1.165, 1.54) is 43.0 Å². The summed E-state index contributed by atoms with van der Waals surface area (Å²) in [5.41, 5.74) is 9.30. The Bertz CT molecular complexity index is 2080. The molecule has 15 heteroatoms. The van der Waals surface area contributed by atoms with Crippen LogP contribution in [0.15, 0.2) is 97.3 Å². The van der Waals surface area contributed by atoms with Crippen LogP contribution in [0.3, 0.4) is 0 Å². The average molecular weight is 714 g/mol. The number of nitrogens with two attached hydrogens (primary N) is 1. The van der Waals surface area contributed by atoms with Crippen LogP contribution in [0.25, 0.3) is 22.5 Å². The van der Waals surface area contributed by atoms with Crippen molar-refractivity contribution in [1.29, 1.82) is 10.5 Å². The summed E-state index contributed by atoms with van der Waals surface area (Å²) in [7, 11) is 1.32. The Balaban J connectivity index is 0.000000177. The summed E-state index contributed by atoms with van der Waals surface area (Å²) in [5, 5.41) is 22.3. The number of methoxy groups -OCH3 is 1. The van der Waals surface area contributed by atoms with Crippen molar-refractivity contribution < 1.29 is 14.3 Å². The minimum atomic E-state index is -0.408. The van der Waals surface area contributed by atoms with Gasteiger partial charge in [-0.2, -0.15) is 10.5 Å². The van der Waals surface area contributed by atoms with E-state index in [4.69, 9.17) is 34.2 Å². The number of nitrogen functional groups attached to an aromatic ring is 1. The number of esters is 1. The van der Waals surface area contributed by atoms with E-state index >= 15 is 0 Å². The van der Waals surface area contributed by atoms with E-state index in [9.17, 15) is 14.9 Å². The van der Waals surface area contributed by atoms with Crippen LogP contribution in [0, 0.1) is 22.7 Å². The second-order valence-corrected chi connectivity index (χ2v) is 11.9. The Morgan fingerprint density at radius 3 is 1.73 bits per heavy atom. The first kappa shape index (κ1) is 35.2. The van der Waals surface area contributed by atoms with Gasteiger partial charge in [-0.3, -0.25) is 10.1 Å². The zero-order chi connectivity index (χ0) is 34.5. The largest absolute Gasteiger partial charge is 0.465 e. The van der Waals surface area contributed by atoms with Gasteiger partial charge < -0.3 is 10.5 Å². The predicted octanol–water partition coefficient (Wildman–Crippen LogP) is 7.77. The molecular weight excluding hydrogens is 691 g/mol. The van der Waals surface area contributed by atoms with Gasteiger partial charge in [-0.05, 0) is 24.3 Å². The third kappa shape index (κ3) is 9.65. The van der Waals surface area contributed by atoms with E-state index < -0.39 is 5.97 Å². The van der Waals surface area contributed by atoms with Gasteiger partial charge in [0.05, 0.1) is 18.2 Å². The Hall–Kier alpha value is -5.70. The molecular formula is C33H22Cl2N8O3S2. The molecule has 0 aliphatic rings. The number of aromatic nitrogens is 4. The molecule has 11 nitrogen and oxygen atoms in total. The number of nitrogens with one attached hydrogen (secondary N) is 1. The van der Waals surface area contributed by atoms with E-state index in [0.717, 1.165) is 22.5 Å². The fourth-order valence-electron chi connectivity index (χ4n) is 3.74. The number of hydrogen-bond acceptors (Lipinski definition) is 12. The first-order valence-corrected chi connectivity index (χ1v) is 15.9. The Labute approximate surface area is 292 Å². The quantitative estimate of drug-likeness (QED) is 0.132. The van der Waals surface area contributed by atoms with Crippen LogP contribution >= 0.6 is 45.9 Å². The van der Waals surface area contributed by atoms with E-state index in [1.807, 2.05) is 60.7 Å². The minimum Gasteiger partial charge on any atom is -0.465 e. The first-order valence-electron chi connectivity index (χ1n) is 13.5. The second-order valence-electron chi connectivity index (χ2n) is 9.07. The molecule has 0 radical (unpaired) electrons. The Morgan fingerprint density at radius 1 is 0.750 bits per heavy atom. The van der Waals surface area contributed by atoms with Gasteiger partial charge in [0.2, 0.25) is 0 Å². The van der Waals surface area contributed by atoms with Crippen LogP contribution in [0.2, 0.25) is 10.3 Å². The molecule has 4 heterocycles. The standard InChI is InChI=1S/C16H9ClN4OS.C10H7N3S.C7H6ClNO2/c17-13-7-6-11(9-19-13)15(22)21-16-20-14(12(8-18)23-16)10-4-2-1-3-5-10;11-6-8-9(13-10(12)14-8)7-4-2-1-3-5-7;1-11-7(10)5-2-3-6(8)9-4-5/h1-7,9H,(H,20,21,22);1-5H,(H2,12,13);2-4H,1H3. The first-order chi connectivity index (χ1) is 23.2. The number of ether oxygens (including phenoxy) is 1. The zero-order valence-electron chi connectivity index (χ0n) is 24.8. The van der Waals surface area contributed by atoms with E-state index in [1.54, 1.807) is 12.1 Å². The molecule has 0 unspecified atom stereocenters. The fourth-order valence-corrected chi connectivity index (χ4v) is 5.39. The highest BCUT2D eigenvalue weighted by molar-refractivity contribution is 7.16. The number of benzene rings is 2. The maximum Gasteiger partial charge on any atom is 0.339 e. The molecule has 0 atom stereocenters. The van der Waals surface area contributed by atoms with Crippen molar-refractivity contribution in [2.24, 2.45) is 0 Å². The third-order valence-corrected chi connectivity index (χ3v) is 8.04. The number of anilines is 2. The summed E-state index contributed by atoms with van der Waals surface area (Å²) in [4.78, 5) is 40.0. The SMILES string of the molecule is COC(=O)c1ccc(Cl)nc1.N#Cc1sc(N)nc1-c1ccccc1.N#Cc1sc(NC(=O)c2ccc(Cl)nc2)nc1-c1ccccc1. The third-order valence-electron chi connectivity index (χ3n) is 5.93. The van der Waals surface area contributed by atoms with Gasteiger partial charge in [0.25, 0.3) is 5.91 Å². The van der Waals surface area contributed by atoms with Crippen molar-refractivity contribution in [3.8, 4) is 34.7 Å². The molecule has 6 rings (SSSR count). The molecule has 0 spiro atoms. The topological polar surface area (TPSA) is 181 Å².